The molecule has 1 amide bonds. The average molecular weight is 331 g/mol. The van der Waals surface area contributed by atoms with Crippen molar-refractivity contribution in [3.8, 4) is 0 Å². The molecule has 0 spiro atoms. The van der Waals surface area contributed by atoms with Crippen LogP contribution < -0.4 is 5.32 Å². The van der Waals surface area contributed by atoms with E-state index < -0.39 is 0 Å². The Morgan fingerprint density at radius 1 is 1.43 bits per heavy atom. The van der Waals surface area contributed by atoms with E-state index in [-0.39, 0.29) is 11.8 Å². The van der Waals surface area contributed by atoms with Gasteiger partial charge in [0, 0.05) is 37.3 Å². The average Bonchev–Trinajstić information content (AvgIpc) is 3.21. The number of imidazole rings is 1. The largest absolute Gasteiger partial charge is 0.355 e. The van der Waals surface area contributed by atoms with Crippen molar-refractivity contribution in [2.75, 3.05) is 6.54 Å². The summed E-state index contributed by atoms with van der Waals surface area (Å²) in [6.45, 7) is 1.36. The molecule has 0 saturated carbocycles. The van der Waals surface area contributed by atoms with Crippen molar-refractivity contribution in [2.24, 2.45) is 0 Å². The van der Waals surface area contributed by atoms with Crippen LogP contribution >= 0.6 is 11.3 Å². The second-order valence-electron chi connectivity index (χ2n) is 5.67. The molecule has 0 aliphatic carbocycles. The second kappa shape index (κ2) is 6.07. The summed E-state index contributed by atoms with van der Waals surface area (Å²) in [6.07, 6.45) is 7.52. The number of hydrogen-bond acceptors (Lipinski definition) is 6. The van der Waals surface area contributed by atoms with Crippen LogP contribution in [0.2, 0.25) is 0 Å². The number of thiazole rings is 1. The number of carbonyl (C=O) groups excluding carboxylic acids is 1. The number of amides is 1. The maximum absolute atomic E-state index is 12.5. The first-order valence-corrected chi connectivity index (χ1v) is 8.64. The molecule has 0 aromatic carbocycles. The summed E-state index contributed by atoms with van der Waals surface area (Å²) in [5.74, 6) is 0.435. The summed E-state index contributed by atoms with van der Waals surface area (Å²) in [7, 11) is 0. The SMILES string of the molecule is O=C(NCCc1cn2ccsc2n1)[C@@H]1CCCCn2nnnc21. The van der Waals surface area contributed by atoms with Gasteiger partial charge in [-0.05, 0) is 23.3 Å². The van der Waals surface area contributed by atoms with Crippen LogP contribution in [0.3, 0.4) is 0 Å². The molecule has 3 aromatic rings. The molecule has 0 fully saturated rings. The highest BCUT2D eigenvalue weighted by Gasteiger charge is 2.28. The molecular weight excluding hydrogens is 314 g/mol. The normalized spacial score (nSPS) is 17.8. The quantitative estimate of drug-likeness (QED) is 0.770. The number of fused-ring (bicyclic) bond motifs is 2. The Labute approximate surface area is 136 Å². The van der Waals surface area contributed by atoms with Crippen molar-refractivity contribution in [2.45, 2.75) is 38.1 Å². The minimum absolute atomic E-state index is 0.00368. The van der Waals surface area contributed by atoms with Crippen LogP contribution in [0.1, 0.15) is 36.7 Å². The van der Waals surface area contributed by atoms with Gasteiger partial charge in [-0.3, -0.25) is 9.20 Å². The van der Waals surface area contributed by atoms with Gasteiger partial charge in [-0.1, -0.05) is 6.42 Å². The Kier molecular flexibility index (Phi) is 3.78. The van der Waals surface area contributed by atoms with E-state index in [4.69, 9.17) is 0 Å². The molecule has 9 heteroatoms. The lowest BCUT2D eigenvalue weighted by molar-refractivity contribution is -0.122. The zero-order chi connectivity index (χ0) is 15.6. The van der Waals surface area contributed by atoms with Crippen LogP contribution in [0.5, 0.6) is 0 Å². The zero-order valence-corrected chi connectivity index (χ0v) is 13.4. The standard InChI is InChI=1S/C14H17N7OS/c22-13(11-3-1-2-6-21-12(11)17-18-19-21)15-5-4-10-9-20-7-8-23-14(20)16-10/h7-9,11H,1-6H2,(H,15,22)/t11-/m1/s1. The summed E-state index contributed by atoms with van der Waals surface area (Å²) < 4.78 is 3.75. The fourth-order valence-corrected chi connectivity index (χ4v) is 3.66. The Morgan fingerprint density at radius 2 is 2.39 bits per heavy atom. The summed E-state index contributed by atoms with van der Waals surface area (Å²) in [4.78, 5) is 18.0. The van der Waals surface area contributed by atoms with E-state index in [2.05, 4.69) is 25.8 Å². The molecule has 1 aliphatic rings. The van der Waals surface area contributed by atoms with Gasteiger partial charge in [-0.2, -0.15) is 0 Å². The summed E-state index contributed by atoms with van der Waals surface area (Å²) in [5.41, 5.74) is 0.989. The lowest BCUT2D eigenvalue weighted by Crippen LogP contribution is -2.32. The van der Waals surface area contributed by atoms with Crippen molar-refractivity contribution in [1.82, 2.24) is 34.9 Å². The van der Waals surface area contributed by atoms with Crippen LogP contribution in [0.15, 0.2) is 17.8 Å². The molecular formula is C14H17N7OS. The Morgan fingerprint density at radius 3 is 3.30 bits per heavy atom. The topological polar surface area (TPSA) is 90.0 Å². The number of aromatic nitrogens is 6. The highest BCUT2D eigenvalue weighted by Crippen LogP contribution is 2.23. The lowest BCUT2D eigenvalue weighted by Gasteiger charge is -2.12. The third-order valence-electron chi connectivity index (χ3n) is 4.12. The van der Waals surface area contributed by atoms with Gasteiger partial charge < -0.3 is 5.32 Å². The molecule has 4 rings (SSSR count). The number of aryl methyl sites for hydroxylation is 1. The zero-order valence-electron chi connectivity index (χ0n) is 12.6. The number of rotatable bonds is 4. The third kappa shape index (κ3) is 2.83. The monoisotopic (exact) mass is 331 g/mol. The van der Waals surface area contributed by atoms with Gasteiger partial charge in [0.05, 0.1) is 11.6 Å². The van der Waals surface area contributed by atoms with Gasteiger partial charge in [0.15, 0.2) is 10.8 Å². The summed E-state index contributed by atoms with van der Waals surface area (Å²) in [5, 5.41) is 16.7. The Bertz CT molecular complexity index is 791. The van der Waals surface area contributed by atoms with E-state index in [1.807, 2.05) is 22.2 Å². The number of carbonyl (C=O) groups is 1. The van der Waals surface area contributed by atoms with E-state index in [1.54, 1.807) is 16.0 Å². The molecule has 1 N–H and O–H groups in total. The molecule has 0 unspecified atom stereocenters. The van der Waals surface area contributed by atoms with Crippen LogP contribution in [-0.4, -0.2) is 42.0 Å². The van der Waals surface area contributed by atoms with Crippen LogP contribution in [-0.2, 0) is 17.8 Å². The summed E-state index contributed by atoms with van der Waals surface area (Å²) >= 11 is 1.61. The van der Waals surface area contributed by atoms with Gasteiger partial charge >= 0.3 is 0 Å². The van der Waals surface area contributed by atoms with E-state index >= 15 is 0 Å². The predicted molar refractivity (Wildman–Crippen MR) is 84.2 cm³/mol. The van der Waals surface area contributed by atoms with Crippen molar-refractivity contribution in [3.05, 3.63) is 29.3 Å². The van der Waals surface area contributed by atoms with Gasteiger partial charge in [0.2, 0.25) is 5.91 Å². The van der Waals surface area contributed by atoms with Crippen LogP contribution in [0.4, 0.5) is 0 Å². The first-order chi connectivity index (χ1) is 11.3. The number of tetrazole rings is 1. The Hall–Kier alpha value is -2.29. The molecule has 3 aromatic heterocycles. The van der Waals surface area contributed by atoms with Gasteiger partial charge in [0.25, 0.3) is 0 Å². The molecule has 0 bridgehead atoms. The minimum Gasteiger partial charge on any atom is -0.355 e. The van der Waals surface area contributed by atoms with Crippen molar-refractivity contribution in [3.63, 3.8) is 0 Å². The van der Waals surface area contributed by atoms with E-state index in [1.165, 1.54) is 0 Å². The summed E-state index contributed by atoms with van der Waals surface area (Å²) in [6, 6.07) is 0. The molecule has 4 heterocycles. The third-order valence-corrected chi connectivity index (χ3v) is 4.89. The first-order valence-electron chi connectivity index (χ1n) is 7.76. The van der Waals surface area contributed by atoms with Crippen molar-refractivity contribution < 1.29 is 4.79 Å². The molecule has 8 nitrogen and oxygen atoms in total. The molecule has 1 atom stereocenters. The van der Waals surface area contributed by atoms with Gasteiger partial charge in [-0.15, -0.1) is 16.4 Å². The fourth-order valence-electron chi connectivity index (χ4n) is 2.94. The molecule has 120 valence electrons. The first kappa shape index (κ1) is 14.3. The van der Waals surface area contributed by atoms with Crippen molar-refractivity contribution in [1.29, 1.82) is 0 Å². The number of nitrogens with zero attached hydrogens (tertiary/aromatic N) is 6. The highest BCUT2D eigenvalue weighted by atomic mass is 32.1. The molecule has 0 radical (unpaired) electrons. The van der Waals surface area contributed by atoms with E-state index in [0.717, 1.165) is 42.9 Å². The molecule has 1 aliphatic heterocycles. The maximum Gasteiger partial charge on any atom is 0.230 e. The fraction of sp³-hybridized carbons (Fsp3) is 0.500. The smallest absolute Gasteiger partial charge is 0.230 e. The lowest BCUT2D eigenvalue weighted by atomic mass is 10.0. The highest BCUT2D eigenvalue weighted by molar-refractivity contribution is 7.15. The Balaban J connectivity index is 1.37. The molecule has 0 saturated heterocycles. The van der Waals surface area contributed by atoms with Crippen LogP contribution in [0.25, 0.3) is 4.96 Å². The predicted octanol–water partition coefficient (Wildman–Crippen LogP) is 1.01. The second-order valence-corrected chi connectivity index (χ2v) is 6.55. The maximum atomic E-state index is 12.5. The minimum atomic E-state index is -0.252. The van der Waals surface area contributed by atoms with Crippen molar-refractivity contribution >= 4 is 22.2 Å². The van der Waals surface area contributed by atoms with Gasteiger partial charge in [0.1, 0.15) is 0 Å². The van der Waals surface area contributed by atoms with E-state index in [0.29, 0.717) is 12.4 Å². The van der Waals surface area contributed by atoms with Gasteiger partial charge in [-0.25, -0.2) is 9.67 Å². The molecule has 23 heavy (non-hydrogen) atoms. The number of nitrogens with one attached hydrogen (secondary N) is 1. The number of hydrogen-bond donors (Lipinski definition) is 1. The van der Waals surface area contributed by atoms with Crippen LogP contribution in [0, 0.1) is 0 Å². The van der Waals surface area contributed by atoms with E-state index in [9.17, 15) is 4.79 Å².